The van der Waals surface area contributed by atoms with Gasteiger partial charge in [-0.1, -0.05) is 11.3 Å². The number of hydrogen-bond donors (Lipinski definition) is 0. The van der Waals surface area contributed by atoms with Gasteiger partial charge < -0.3 is 0 Å². The normalized spacial score (nSPS) is 15.6. The van der Waals surface area contributed by atoms with Gasteiger partial charge in [-0.15, -0.1) is 5.10 Å². The van der Waals surface area contributed by atoms with Crippen molar-refractivity contribution in [2.24, 2.45) is 0 Å². The Morgan fingerprint density at radius 3 is 2.74 bits per heavy atom. The summed E-state index contributed by atoms with van der Waals surface area (Å²) >= 11 is 0. The molecule has 1 fully saturated rings. The molecule has 1 aliphatic rings. The first-order valence-corrected chi connectivity index (χ1v) is 8.30. The van der Waals surface area contributed by atoms with Gasteiger partial charge in [-0.05, 0) is 25.0 Å². The zero-order valence-corrected chi connectivity index (χ0v) is 11.5. The molecule has 0 aromatic carbocycles. The molecule has 2 heterocycles. The van der Waals surface area contributed by atoms with E-state index in [0.717, 1.165) is 12.8 Å². The van der Waals surface area contributed by atoms with Gasteiger partial charge in [0.2, 0.25) is 9.05 Å². The van der Waals surface area contributed by atoms with Gasteiger partial charge in [0.25, 0.3) is 0 Å². The zero-order chi connectivity index (χ0) is 13.5. The average molecular weight is 299 g/mol. The molecular weight excluding hydrogens is 288 g/mol. The molecule has 0 radical (unpaired) electrons. The lowest BCUT2D eigenvalue weighted by atomic mass is 10.2. The van der Waals surface area contributed by atoms with E-state index in [-0.39, 0.29) is 11.8 Å². The Morgan fingerprint density at radius 1 is 1.37 bits per heavy atom. The number of aromatic nitrogens is 4. The predicted octanol–water partition coefficient (Wildman–Crippen LogP) is 1.74. The van der Waals surface area contributed by atoms with Gasteiger partial charge in [0.05, 0.1) is 11.7 Å². The Morgan fingerprint density at radius 2 is 2.16 bits per heavy atom. The van der Waals surface area contributed by atoms with Gasteiger partial charge in [0.1, 0.15) is 17.1 Å². The van der Waals surface area contributed by atoms with Gasteiger partial charge in [-0.25, -0.2) is 13.1 Å². The Hall–Kier alpha value is -1.47. The first-order chi connectivity index (χ1) is 9.04. The summed E-state index contributed by atoms with van der Waals surface area (Å²) in [5, 5.41) is 7.99. The highest BCUT2D eigenvalue weighted by molar-refractivity contribution is 8.13. The number of nitrogens with zero attached hydrogens (tertiary/aromatic N) is 4. The van der Waals surface area contributed by atoms with E-state index in [1.54, 1.807) is 16.9 Å². The van der Waals surface area contributed by atoms with Crippen LogP contribution in [-0.4, -0.2) is 28.4 Å². The van der Waals surface area contributed by atoms with Crippen LogP contribution in [0.1, 0.15) is 24.6 Å². The fourth-order valence-corrected chi connectivity index (χ4v) is 2.76. The molecule has 2 aromatic rings. The first kappa shape index (κ1) is 12.6. The fraction of sp³-hybridized carbons (Fsp3) is 0.364. The van der Waals surface area contributed by atoms with Crippen molar-refractivity contribution in [1.29, 1.82) is 0 Å². The van der Waals surface area contributed by atoms with E-state index in [1.165, 1.54) is 0 Å². The minimum absolute atomic E-state index is 0.288. The van der Waals surface area contributed by atoms with Crippen molar-refractivity contribution in [3.05, 3.63) is 30.1 Å². The van der Waals surface area contributed by atoms with Crippen molar-refractivity contribution in [1.82, 2.24) is 20.0 Å². The number of halogens is 1. The van der Waals surface area contributed by atoms with E-state index in [0.29, 0.717) is 17.1 Å². The molecule has 0 amide bonds. The zero-order valence-electron chi connectivity index (χ0n) is 9.90. The summed E-state index contributed by atoms with van der Waals surface area (Å²) in [5.74, 6) is -0.340. The van der Waals surface area contributed by atoms with E-state index in [1.807, 2.05) is 12.1 Å². The lowest BCUT2D eigenvalue weighted by Gasteiger charge is -2.05. The van der Waals surface area contributed by atoms with Gasteiger partial charge in [0, 0.05) is 16.9 Å². The van der Waals surface area contributed by atoms with E-state index < -0.39 is 9.05 Å². The molecule has 1 aliphatic carbocycles. The molecule has 0 unspecified atom stereocenters. The Labute approximate surface area is 114 Å². The third kappa shape index (κ3) is 2.76. The summed E-state index contributed by atoms with van der Waals surface area (Å²) in [6.45, 7) is 0. The highest BCUT2D eigenvalue weighted by Gasteiger charge is 2.30. The minimum Gasteiger partial charge on any atom is -0.255 e. The van der Waals surface area contributed by atoms with Gasteiger partial charge in [-0.2, -0.15) is 0 Å². The molecule has 3 rings (SSSR count). The summed E-state index contributed by atoms with van der Waals surface area (Å²) < 4.78 is 24.2. The third-order valence-electron chi connectivity index (χ3n) is 2.87. The van der Waals surface area contributed by atoms with Crippen LogP contribution in [0.4, 0.5) is 0 Å². The van der Waals surface area contributed by atoms with Crippen LogP contribution in [0.15, 0.2) is 24.4 Å². The minimum atomic E-state index is -3.67. The van der Waals surface area contributed by atoms with Crippen molar-refractivity contribution in [2.75, 3.05) is 0 Å². The van der Waals surface area contributed by atoms with Crippen LogP contribution in [0.2, 0.25) is 0 Å². The lowest BCUT2D eigenvalue weighted by molar-refractivity contribution is 0.607. The molecule has 8 heteroatoms. The third-order valence-corrected chi connectivity index (χ3v) is 3.82. The number of hydrogen-bond acceptors (Lipinski definition) is 5. The smallest absolute Gasteiger partial charge is 0.238 e. The second-order valence-corrected chi connectivity index (χ2v) is 7.24. The first-order valence-electron chi connectivity index (χ1n) is 5.82. The van der Waals surface area contributed by atoms with Crippen LogP contribution < -0.4 is 0 Å². The van der Waals surface area contributed by atoms with Gasteiger partial charge in [-0.3, -0.25) is 4.98 Å². The van der Waals surface area contributed by atoms with Crippen molar-refractivity contribution in [3.8, 4) is 11.4 Å². The highest BCUT2D eigenvalue weighted by atomic mass is 35.7. The van der Waals surface area contributed by atoms with E-state index in [2.05, 4.69) is 15.3 Å². The molecule has 0 spiro atoms. The van der Waals surface area contributed by atoms with Crippen molar-refractivity contribution >= 4 is 19.7 Å². The lowest BCUT2D eigenvalue weighted by Crippen LogP contribution is -2.03. The molecule has 6 nitrogen and oxygen atoms in total. The predicted molar refractivity (Wildman–Crippen MR) is 70.0 cm³/mol. The Kier molecular flexibility index (Phi) is 3.02. The maximum atomic E-state index is 11.2. The molecule has 100 valence electrons. The van der Waals surface area contributed by atoms with Crippen molar-refractivity contribution in [2.45, 2.75) is 24.6 Å². The largest absolute Gasteiger partial charge is 0.255 e. The maximum absolute atomic E-state index is 11.2. The highest BCUT2D eigenvalue weighted by Crippen LogP contribution is 2.38. The SMILES string of the molecule is O=S(=O)(Cl)Cc1nnn(C2CC2)c1-c1ccccn1. The molecule has 2 aromatic heterocycles. The molecule has 0 N–H and O–H groups in total. The van der Waals surface area contributed by atoms with Crippen LogP contribution in [0.5, 0.6) is 0 Å². The second kappa shape index (κ2) is 4.57. The molecule has 1 saturated carbocycles. The summed E-state index contributed by atoms with van der Waals surface area (Å²) in [7, 11) is 1.64. The number of rotatable bonds is 4. The van der Waals surface area contributed by atoms with Gasteiger partial charge in [0.15, 0.2) is 0 Å². The van der Waals surface area contributed by atoms with E-state index in [9.17, 15) is 8.42 Å². The standard InChI is InChI=1S/C11H11ClN4O2S/c12-19(17,18)7-10-11(9-3-1-2-6-13-9)16(15-14-10)8-4-5-8/h1-3,6,8H,4-5,7H2. The summed E-state index contributed by atoms with van der Waals surface area (Å²) in [4.78, 5) is 4.24. The van der Waals surface area contributed by atoms with E-state index in [4.69, 9.17) is 10.7 Å². The average Bonchev–Trinajstić information content (AvgIpc) is 3.11. The molecule has 0 atom stereocenters. The van der Waals surface area contributed by atoms with Crippen molar-refractivity contribution < 1.29 is 8.42 Å². The van der Waals surface area contributed by atoms with E-state index >= 15 is 0 Å². The molecular formula is C11H11ClN4O2S. The molecule has 0 saturated heterocycles. The summed E-state index contributed by atoms with van der Waals surface area (Å²) in [6, 6.07) is 5.73. The molecule has 19 heavy (non-hydrogen) atoms. The molecule has 0 aliphatic heterocycles. The van der Waals surface area contributed by atoms with Crippen molar-refractivity contribution in [3.63, 3.8) is 0 Å². The monoisotopic (exact) mass is 298 g/mol. The summed E-state index contributed by atoms with van der Waals surface area (Å²) in [5.41, 5.74) is 1.66. The maximum Gasteiger partial charge on any atom is 0.238 e. The second-order valence-electron chi connectivity index (χ2n) is 4.46. The van der Waals surface area contributed by atoms with Crippen LogP contribution in [0.25, 0.3) is 11.4 Å². The van der Waals surface area contributed by atoms with Gasteiger partial charge >= 0.3 is 0 Å². The van der Waals surface area contributed by atoms with Crippen LogP contribution in [-0.2, 0) is 14.8 Å². The topological polar surface area (TPSA) is 77.7 Å². The fourth-order valence-electron chi connectivity index (χ4n) is 1.93. The Bertz CT molecular complexity index is 695. The van der Waals surface area contributed by atoms with Crippen LogP contribution in [0.3, 0.4) is 0 Å². The van der Waals surface area contributed by atoms with Crippen LogP contribution in [0, 0.1) is 0 Å². The Balaban J connectivity index is 2.11. The molecule has 0 bridgehead atoms. The van der Waals surface area contributed by atoms with Crippen LogP contribution >= 0.6 is 10.7 Å². The number of pyridine rings is 1. The summed E-state index contributed by atoms with van der Waals surface area (Å²) in [6.07, 6.45) is 3.70. The quantitative estimate of drug-likeness (QED) is 0.804.